The van der Waals surface area contributed by atoms with Gasteiger partial charge >= 0.3 is 5.97 Å². The SMILES string of the molecule is COC(=O)c1ccc(F)cc1CN(C)S(C)(=O)=O. The van der Waals surface area contributed by atoms with Crippen LogP contribution >= 0.6 is 0 Å². The number of hydrogen-bond acceptors (Lipinski definition) is 4. The Balaban J connectivity index is 3.14. The van der Waals surface area contributed by atoms with Crippen molar-refractivity contribution in [3.05, 3.63) is 35.1 Å². The summed E-state index contributed by atoms with van der Waals surface area (Å²) in [6.07, 6.45) is 1.03. The average Bonchev–Trinajstić information content (AvgIpc) is 2.27. The van der Waals surface area contributed by atoms with Crippen LogP contribution in [0, 0.1) is 5.82 Å². The molecule has 0 fully saturated rings. The van der Waals surface area contributed by atoms with Crippen LogP contribution in [0.15, 0.2) is 18.2 Å². The molecule has 0 saturated carbocycles. The molecule has 18 heavy (non-hydrogen) atoms. The third-order valence-electron chi connectivity index (χ3n) is 2.43. The minimum atomic E-state index is -3.40. The van der Waals surface area contributed by atoms with Crippen molar-refractivity contribution in [2.75, 3.05) is 20.4 Å². The quantitative estimate of drug-likeness (QED) is 0.769. The van der Waals surface area contributed by atoms with E-state index in [0.29, 0.717) is 0 Å². The number of hydrogen-bond donors (Lipinski definition) is 0. The third kappa shape index (κ3) is 3.51. The first-order chi connectivity index (χ1) is 8.25. The van der Waals surface area contributed by atoms with Crippen LogP contribution in [-0.2, 0) is 21.3 Å². The smallest absolute Gasteiger partial charge is 0.338 e. The molecule has 100 valence electrons. The van der Waals surface area contributed by atoms with Crippen molar-refractivity contribution in [1.82, 2.24) is 4.31 Å². The molecular weight excluding hydrogens is 261 g/mol. The molecule has 0 aliphatic heterocycles. The van der Waals surface area contributed by atoms with E-state index < -0.39 is 21.8 Å². The van der Waals surface area contributed by atoms with E-state index in [4.69, 9.17) is 0 Å². The van der Waals surface area contributed by atoms with Gasteiger partial charge in [0, 0.05) is 13.6 Å². The zero-order valence-electron chi connectivity index (χ0n) is 10.3. The highest BCUT2D eigenvalue weighted by molar-refractivity contribution is 7.88. The number of carbonyl (C=O) groups excluding carboxylic acids is 1. The van der Waals surface area contributed by atoms with Crippen LogP contribution in [0.4, 0.5) is 4.39 Å². The molecule has 7 heteroatoms. The number of methoxy groups -OCH3 is 1. The molecule has 0 spiro atoms. The van der Waals surface area contributed by atoms with Crippen molar-refractivity contribution in [3.63, 3.8) is 0 Å². The lowest BCUT2D eigenvalue weighted by Gasteiger charge is -2.16. The van der Waals surface area contributed by atoms with Crippen LogP contribution in [0.3, 0.4) is 0 Å². The summed E-state index contributed by atoms with van der Waals surface area (Å²) < 4.78 is 41.3. The fraction of sp³-hybridized carbons (Fsp3) is 0.364. The highest BCUT2D eigenvalue weighted by Gasteiger charge is 2.17. The minimum absolute atomic E-state index is 0.0962. The molecule has 1 aromatic rings. The van der Waals surface area contributed by atoms with Gasteiger partial charge < -0.3 is 4.74 Å². The molecule has 0 saturated heterocycles. The normalized spacial score (nSPS) is 11.6. The standard InChI is InChI=1S/C11H14FNO4S/c1-13(18(3,15)16)7-8-6-9(12)4-5-10(8)11(14)17-2/h4-6H,7H2,1-3H3. The molecule has 0 N–H and O–H groups in total. The minimum Gasteiger partial charge on any atom is -0.465 e. The van der Waals surface area contributed by atoms with Crippen molar-refractivity contribution >= 4 is 16.0 Å². The second kappa shape index (κ2) is 5.45. The van der Waals surface area contributed by atoms with Gasteiger partial charge in [-0.05, 0) is 23.8 Å². The maximum absolute atomic E-state index is 13.1. The summed E-state index contributed by atoms with van der Waals surface area (Å²) in [6, 6.07) is 3.51. The first-order valence-corrected chi connectivity index (χ1v) is 6.88. The van der Waals surface area contributed by atoms with E-state index in [-0.39, 0.29) is 17.7 Å². The van der Waals surface area contributed by atoms with Crippen LogP contribution in [0.25, 0.3) is 0 Å². The maximum atomic E-state index is 13.1. The zero-order valence-corrected chi connectivity index (χ0v) is 11.1. The summed E-state index contributed by atoms with van der Waals surface area (Å²) in [5, 5.41) is 0. The molecule has 0 aliphatic rings. The molecular formula is C11H14FNO4S. The Morgan fingerprint density at radius 3 is 2.56 bits per heavy atom. The predicted molar refractivity (Wildman–Crippen MR) is 64.1 cm³/mol. The van der Waals surface area contributed by atoms with E-state index in [0.717, 1.165) is 22.7 Å². The van der Waals surface area contributed by atoms with Crippen LogP contribution in [0.5, 0.6) is 0 Å². The number of ether oxygens (including phenoxy) is 1. The molecule has 0 atom stereocenters. The van der Waals surface area contributed by atoms with E-state index in [1.165, 1.54) is 20.2 Å². The van der Waals surface area contributed by atoms with Crippen LogP contribution < -0.4 is 0 Å². The Kier molecular flexibility index (Phi) is 4.42. The molecule has 0 radical (unpaired) electrons. The fourth-order valence-electron chi connectivity index (χ4n) is 1.36. The van der Waals surface area contributed by atoms with Gasteiger partial charge in [-0.25, -0.2) is 21.9 Å². The first kappa shape index (κ1) is 14.6. The maximum Gasteiger partial charge on any atom is 0.338 e. The average molecular weight is 275 g/mol. The Morgan fingerprint density at radius 2 is 2.06 bits per heavy atom. The fourth-order valence-corrected chi connectivity index (χ4v) is 1.73. The molecule has 0 amide bonds. The summed E-state index contributed by atoms with van der Waals surface area (Å²) in [5.74, 6) is -1.17. The van der Waals surface area contributed by atoms with E-state index in [1.807, 2.05) is 0 Å². The number of nitrogens with zero attached hydrogens (tertiary/aromatic N) is 1. The molecule has 0 aromatic heterocycles. The van der Waals surface area contributed by atoms with E-state index in [1.54, 1.807) is 0 Å². The van der Waals surface area contributed by atoms with Crippen molar-refractivity contribution in [2.24, 2.45) is 0 Å². The largest absolute Gasteiger partial charge is 0.465 e. The summed E-state index contributed by atoms with van der Waals surface area (Å²) in [5.41, 5.74) is 0.407. The molecule has 1 rings (SSSR count). The zero-order chi connectivity index (χ0) is 13.9. The van der Waals surface area contributed by atoms with E-state index in [2.05, 4.69) is 4.74 Å². The van der Waals surface area contributed by atoms with Gasteiger partial charge in [0.25, 0.3) is 0 Å². The van der Waals surface area contributed by atoms with Gasteiger partial charge in [-0.1, -0.05) is 0 Å². The number of carbonyl (C=O) groups is 1. The Hall–Kier alpha value is -1.47. The molecule has 5 nitrogen and oxygen atoms in total. The van der Waals surface area contributed by atoms with Gasteiger partial charge in [-0.15, -0.1) is 0 Å². The number of sulfonamides is 1. The lowest BCUT2D eigenvalue weighted by molar-refractivity contribution is 0.0599. The summed E-state index contributed by atoms with van der Waals surface area (Å²) in [4.78, 5) is 11.5. The Morgan fingerprint density at radius 1 is 1.44 bits per heavy atom. The van der Waals surface area contributed by atoms with Gasteiger partial charge in [-0.2, -0.15) is 0 Å². The lowest BCUT2D eigenvalue weighted by atomic mass is 10.1. The third-order valence-corrected chi connectivity index (χ3v) is 3.69. The van der Waals surface area contributed by atoms with Crippen molar-refractivity contribution < 1.29 is 22.3 Å². The lowest BCUT2D eigenvalue weighted by Crippen LogP contribution is -2.26. The van der Waals surface area contributed by atoms with E-state index in [9.17, 15) is 17.6 Å². The van der Waals surface area contributed by atoms with Gasteiger partial charge in [0.05, 0.1) is 18.9 Å². The first-order valence-electron chi connectivity index (χ1n) is 5.03. The van der Waals surface area contributed by atoms with E-state index >= 15 is 0 Å². The molecule has 0 heterocycles. The molecule has 0 unspecified atom stereocenters. The second-order valence-corrected chi connectivity index (χ2v) is 5.90. The Labute approximate surface area is 105 Å². The van der Waals surface area contributed by atoms with Crippen LogP contribution in [-0.4, -0.2) is 39.1 Å². The number of benzene rings is 1. The van der Waals surface area contributed by atoms with Crippen LogP contribution in [0.1, 0.15) is 15.9 Å². The number of halogens is 1. The second-order valence-electron chi connectivity index (χ2n) is 3.81. The van der Waals surface area contributed by atoms with Gasteiger partial charge in [0.15, 0.2) is 0 Å². The molecule has 0 aliphatic carbocycles. The van der Waals surface area contributed by atoms with Gasteiger partial charge in [0.2, 0.25) is 10.0 Å². The monoisotopic (exact) mass is 275 g/mol. The summed E-state index contributed by atoms with van der Waals surface area (Å²) in [6.45, 7) is -0.0962. The molecule has 0 bridgehead atoms. The van der Waals surface area contributed by atoms with Gasteiger partial charge in [-0.3, -0.25) is 0 Å². The number of esters is 1. The van der Waals surface area contributed by atoms with Crippen LogP contribution in [0.2, 0.25) is 0 Å². The summed E-state index contributed by atoms with van der Waals surface area (Å²) >= 11 is 0. The summed E-state index contributed by atoms with van der Waals surface area (Å²) in [7, 11) is -0.852. The predicted octanol–water partition coefficient (Wildman–Crippen LogP) is 1.00. The van der Waals surface area contributed by atoms with Gasteiger partial charge in [0.1, 0.15) is 5.82 Å². The highest BCUT2D eigenvalue weighted by Crippen LogP contribution is 2.15. The van der Waals surface area contributed by atoms with Crippen molar-refractivity contribution in [3.8, 4) is 0 Å². The highest BCUT2D eigenvalue weighted by atomic mass is 32.2. The number of rotatable bonds is 4. The topological polar surface area (TPSA) is 63.7 Å². The van der Waals surface area contributed by atoms with Crippen molar-refractivity contribution in [1.29, 1.82) is 0 Å². The van der Waals surface area contributed by atoms with Crippen molar-refractivity contribution in [2.45, 2.75) is 6.54 Å². The Bertz CT molecular complexity index is 556. The molecule has 1 aromatic carbocycles.